The number of aromatic nitrogens is 2. The zero-order valence-corrected chi connectivity index (χ0v) is 12.3. The maximum Gasteiger partial charge on any atom is 0.162 e. The van der Waals surface area contributed by atoms with Crippen molar-refractivity contribution < 1.29 is 4.74 Å². The molecule has 0 amide bonds. The molecule has 0 spiro atoms. The molecule has 1 heterocycles. The van der Waals surface area contributed by atoms with Gasteiger partial charge in [0.05, 0.1) is 0 Å². The first-order valence-corrected chi connectivity index (χ1v) is 7.74. The summed E-state index contributed by atoms with van der Waals surface area (Å²) in [5.74, 6) is 0.822. The summed E-state index contributed by atoms with van der Waals surface area (Å²) < 4.78 is 5.88. The lowest BCUT2D eigenvalue weighted by Gasteiger charge is -2.30. The van der Waals surface area contributed by atoms with Crippen molar-refractivity contribution in [2.24, 2.45) is 0 Å². The molecule has 0 saturated heterocycles. The van der Waals surface area contributed by atoms with Gasteiger partial charge in [-0.25, -0.2) is 9.97 Å². The van der Waals surface area contributed by atoms with Gasteiger partial charge in [0.15, 0.2) is 5.82 Å². The summed E-state index contributed by atoms with van der Waals surface area (Å²) in [7, 11) is 1.79. The number of nitrogens with zero attached hydrogens (tertiary/aromatic N) is 2. The van der Waals surface area contributed by atoms with Crippen LogP contribution in [0.2, 0.25) is 5.15 Å². The molecule has 0 radical (unpaired) electrons. The van der Waals surface area contributed by atoms with Gasteiger partial charge >= 0.3 is 0 Å². The minimum Gasteiger partial charge on any atom is -0.370 e. The second kappa shape index (κ2) is 5.37. The monoisotopic (exact) mass is 280 g/mol. The topological polar surface area (TPSA) is 35.0 Å². The molecule has 104 valence electrons. The predicted molar refractivity (Wildman–Crippen MR) is 75.5 cm³/mol. The van der Waals surface area contributed by atoms with Crippen molar-refractivity contribution in [1.29, 1.82) is 0 Å². The van der Waals surface area contributed by atoms with Crippen molar-refractivity contribution in [3.63, 3.8) is 0 Å². The van der Waals surface area contributed by atoms with Crippen LogP contribution in [0.1, 0.15) is 62.0 Å². The zero-order chi connectivity index (χ0) is 13.3. The van der Waals surface area contributed by atoms with E-state index in [9.17, 15) is 0 Å². The number of aryl methyl sites for hydroxylation is 1. The van der Waals surface area contributed by atoms with E-state index < -0.39 is 0 Å². The molecule has 2 aliphatic carbocycles. The van der Waals surface area contributed by atoms with Crippen LogP contribution in [-0.4, -0.2) is 17.1 Å². The highest BCUT2D eigenvalue weighted by molar-refractivity contribution is 6.30. The first-order valence-electron chi connectivity index (χ1n) is 7.36. The molecule has 1 fully saturated rings. The van der Waals surface area contributed by atoms with E-state index in [1.54, 1.807) is 7.11 Å². The van der Waals surface area contributed by atoms with Crippen molar-refractivity contribution in [2.45, 2.75) is 63.4 Å². The summed E-state index contributed by atoms with van der Waals surface area (Å²) in [6.07, 6.45) is 10.2. The molecule has 0 bridgehead atoms. The van der Waals surface area contributed by atoms with E-state index in [2.05, 4.69) is 4.98 Å². The third-order valence-electron chi connectivity index (χ3n) is 4.59. The minimum atomic E-state index is -0.308. The van der Waals surface area contributed by atoms with Crippen LogP contribution in [0.15, 0.2) is 0 Å². The van der Waals surface area contributed by atoms with E-state index in [1.807, 2.05) is 0 Å². The van der Waals surface area contributed by atoms with Crippen LogP contribution in [0.5, 0.6) is 0 Å². The maximum atomic E-state index is 6.35. The normalized spacial score (nSPS) is 22.0. The Morgan fingerprint density at radius 2 is 1.74 bits per heavy atom. The van der Waals surface area contributed by atoms with Crippen molar-refractivity contribution in [2.75, 3.05) is 7.11 Å². The lowest BCUT2D eigenvalue weighted by atomic mass is 9.93. The molecule has 0 aliphatic heterocycles. The van der Waals surface area contributed by atoms with Crippen LogP contribution in [0.4, 0.5) is 0 Å². The summed E-state index contributed by atoms with van der Waals surface area (Å²) in [4.78, 5) is 9.38. The van der Waals surface area contributed by atoms with Crippen molar-refractivity contribution in [3.8, 4) is 0 Å². The van der Waals surface area contributed by atoms with Crippen molar-refractivity contribution in [1.82, 2.24) is 9.97 Å². The standard InChI is InChI=1S/C15H21ClN2O/c1-19-15(9-4-2-3-5-10-15)14-17-12-8-6-7-11(12)13(16)18-14/h2-10H2,1H3. The first-order chi connectivity index (χ1) is 9.25. The molecule has 1 saturated carbocycles. The van der Waals surface area contributed by atoms with Gasteiger partial charge in [-0.1, -0.05) is 37.3 Å². The molecule has 3 rings (SSSR count). The van der Waals surface area contributed by atoms with Gasteiger partial charge in [0.25, 0.3) is 0 Å². The van der Waals surface area contributed by atoms with E-state index >= 15 is 0 Å². The van der Waals surface area contributed by atoms with Crippen LogP contribution in [0.3, 0.4) is 0 Å². The second-order valence-corrected chi connectivity index (χ2v) is 6.09. The fourth-order valence-corrected chi connectivity index (χ4v) is 3.69. The molecule has 0 unspecified atom stereocenters. The number of hydrogen-bond acceptors (Lipinski definition) is 3. The van der Waals surface area contributed by atoms with E-state index in [0.717, 1.165) is 49.2 Å². The Bertz CT molecular complexity index is 467. The molecule has 3 nitrogen and oxygen atoms in total. The fourth-order valence-electron chi connectivity index (χ4n) is 3.41. The summed E-state index contributed by atoms with van der Waals surface area (Å²) in [5.41, 5.74) is 2.00. The van der Waals surface area contributed by atoms with Gasteiger partial charge in [0, 0.05) is 18.4 Å². The Kier molecular flexibility index (Phi) is 3.77. The van der Waals surface area contributed by atoms with E-state index in [-0.39, 0.29) is 5.60 Å². The Morgan fingerprint density at radius 1 is 1.00 bits per heavy atom. The van der Waals surface area contributed by atoms with Gasteiger partial charge in [-0.05, 0) is 32.1 Å². The van der Waals surface area contributed by atoms with Gasteiger partial charge in [-0.15, -0.1) is 0 Å². The number of rotatable bonds is 2. The quantitative estimate of drug-likeness (QED) is 0.610. The lowest BCUT2D eigenvalue weighted by Crippen LogP contribution is -2.31. The summed E-state index contributed by atoms with van der Waals surface area (Å²) >= 11 is 6.35. The average molecular weight is 281 g/mol. The third kappa shape index (κ3) is 2.38. The van der Waals surface area contributed by atoms with Crippen molar-refractivity contribution >= 4 is 11.6 Å². The smallest absolute Gasteiger partial charge is 0.162 e. The van der Waals surface area contributed by atoms with Gasteiger partial charge in [0.2, 0.25) is 0 Å². The molecule has 19 heavy (non-hydrogen) atoms. The second-order valence-electron chi connectivity index (χ2n) is 5.73. The lowest BCUT2D eigenvalue weighted by molar-refractivity contribution is -0.0353. The van der Waals surface area contributed by atoms with Crippen LogP contribution >= 0.6 is 11.6 Å². The average Bonchev–Trinajstić information content (AvgIpc) is 2.76. The molecule has 0 atom stereocenters. The molecule has 2 aliphatic rings. The molecule has 0 N–H and O–H groups in total. The number of ether oxygens (including phenoxy) is 1. The molecular weight excluding hydrogens is 260 g/mol. The summed E-state index contributed by atoms with van der Waals surface area (Å²) in [6, 6.07) is 0. The zero-order valence-electron chi connectivity index (χ0n) is 11.5. The number of halogens is 1. The van der Waals surface area contributed by atoms with E-state index in [1.165, 1.54) is 25.7 Å². The molecule has 0 aromatic carbocycles. The Balaban J connectivity index is 2.01. The predicted octanol–water partition coefficient (Wildman–Crippen LogP) is 3.81. The van der Waals surface area contributed by atoms with Gasteiger partial charge in [0.1, 0.15) is 10.8 Å². The Morgan fingerprint density at radius 3 is 2.42 bits per heavy atom. The van der Waals surface area contributed by atoms with Crippen LogP contribution in [0.25, 0.3) is 0 Å². The fraction of sp³-hybridized carbons (Fsp3) is 0.733. The summed E-state index contributed by atoms with van der Waals surface area (Å²) in [6.45, 7) is 0. The molecular formula is C15H21ClN2O. The summed E-state index contributed by atoms with van der Waals surface area (Å²) in [5, 5.41) is 0.651. The van der Waals surface area contributed by atoms with Crippen molar-refractivity contribution in [3.05, 3.63) is 22.2 Å². The molecule has 4 heteroatoms. The van der Waals surface area contributed by atoms with Crippen LogP contribution in [-0.2, 0) is 23.2 Å². The molecule has 1 aromatic heterocycles. The third-order valence-corrected chi connectivity index (χ3v) is 4.90. The van der Waals surface area contributed by atoms with Gasteiger partial charge < -0.3 is 4.74 Å². The highest BCUT2D eigenvalue weighted by Crippen LogP contribution is 2.39. The largest absolute Gasteiger partial charge is 0.370 e. The first kappa shape index (κ1) is 13.3. The molecule has 1 aromatic rings. The highest BCUT2D eigenvalue weighted by Gasteiger charge is 2.37. The number of hydrogen-bond donors (Lipinski definition) is 0. The van der Waals surface area contributed by atoms with Gasteiger partial charge in [-0.2, -0.15) is 0 Å². The van der Waals surface area contributed by atoms with Gasteiger partial charge in [-0.3, -0.25) is 0 Å². The highest BCUT2D eigenvalue weighted by atomic mass is 35.5. The Labute approximate surface area is 119 Å². The van der Waals surface area contributed by atoms with Crippen LogP contribution < -0.4 is 0 Å². The van der Waals surface area contributed by atoms with E-state index in [4.69, 9.17) is 21.3 Å². The Hall–Kier alpha value is -0.670. The minimum absolute atomic E-state index is 0.308. The van der Waals surface area contributed by atoms with E-state index in [0.29, 0.717) is 5.15 Å². The SMILES string of the molecule is COC1(c2nc(Cl)c3c(n2)CCC3)CCCCCC1. The maximum absolute atomic E-state index is 6.35. The number of fused-ring (bicyclic) bond motifs is 1. The van der Waals surface area contributed by atoms with Crippen LogP contribution in [0, 0.1) is 0 Å². The number of methoxy groups -OCH3 is 1.